The number of hydrogen-bond donors (Lipinski definition) is 1. The van der Waals surface area contributed by atoms with E-state index in [0.29, 0.717) is 24.9 Å². The summed E-state index contributed by atoms with van der Waals surface area (Å²) < 4.78 is 46.9. The van der Waals surface area contributed by atoms with Crippen molar-refractivity contribution in [3.05, 3.63) is 47.5 Å². The molecule has 24 heavy (non-hydrogen) atoms. The van der Waals surface area contributed by atoms with Crippen LogP contribution in [0.2, 0.25) is 0 Å². The topological polar surface area (TPSA) is 47.3 Å². The van der Waals surface area contributed by atoms with Crippen molar-refractivity contribution < 1.29 is 22.3 Å². The molecule has 2 heterocycles. The molecule has 1 fully saturated rings. The molecule has 7 heteroatoms. The second-order valence-electron chi connectivity index (χ2n) is 6.13. The molecule has 0 spiro atoms. The Bertz CT molecular complexity index is 684. The van der Waals surface area contributed by atoms with Crippen molar-refractivity contribution in [2.45, 2.75) is 38.5 Å². The van der Waals surface area contributed by atoms with Crippen molar-refractivity contribution >= 4 is 0 Å². The van der Waals surface area contributed by atoms with E-state index < -0.39 is 12.8 Å². The number of nitrogens with zero attached hydrogens (tertiary/aromatic N) is 1. The number of halogens is 3. The predicted octanol–water partition coefficient (Wildman–Crippen LogP) is 4.03. The molecule has 1 saturated carbocycles. The van der Waals surface area contributed by atoms with E-state index in [-0.39, 0.29) is 5.88 Å². The minimum absolute atomic E-state index is 0.0327. The monoisotopic (exact) mass is 340 g/mol. The molecule has 2 aromatic heterocycles. The Kier molecular flexibility index (Phi) is 4.80. The Balaban J connectivity index is 1.47. The predicted molar refractivity (Wildman–Crippen MR) is 81.6 cm³/mol. The van der Waals surface area contributed by atoms with Crippen LogP contribution in [0.25, 0.3) is 0 Å². The Morgan fingerprint density at radius 1 is 1.29 bits per heavy atom. The summed E-state index contributed by atoms with van der Waals surface area (Å²) in [7, 11) is 0. The third-order valence-electron chi connectivity index (χ3n) is 3.97. The van der Waals surface area contributed by atoms with Gasteiger partial charge in [0.25, 0.3) is 0 Å². The first kappa shape index (κ1) is 16.8. The lowest BCUT2D eigenvalue weighted by molar-refractivity contribution is -0.154. The zero-order valence-corrected chi connectivity index (χ0v) is 13.3. The highest BCUT2D eigenvalue weighted by Gasteiger charge is 2.36. The van der Waals surface area contributed by atoms with Gasteiger partial charge in [-0.15, -0.1) is 0 Å². The summed E-state index contributed by atoms with van der Waals surface area (Å²) in [5, 5.41) is 3.20. The maximum atomic E-state index is 12.1. The maximum absolute atomic E-state index is 12.1. The molecule has 1 aliphatic rings. The van der Waals surface area contributed by atoms with Crippen molar-refractivity contribution in [1.82, 2.24) is 10.3 Å². The third-order valence-corrected chi connectivity index (χ3v) is 3.97. The molecule has 0 aliphatic heterocycles. The summed E-state index contributed by atoms with van der Waals surface area (Å²) in [5.41, 5.74) is 0.796. The van der Waals surface area contributed by atoms with Crippen LogP contribution in [0.5, 0.6) is 5.88 Å². The van der Waals surface area contributed by atoms with Crippen molar-refractivity contribution in [2.24, 2.45) is 5.92 Å². The molecule has 130 valence electrons. The summed E-state index contributed by atoms with van der Waals surface area (Å²) in [4.78, 5) is 3.78. The number of nitrogens with one attached hydrogen (secondary N) is 1. The Morgan fingerprint density at radius 2 is 2.08 bits per heavy atom. The minimum atomic E-state index is -4.37. The van der Waals surface area contributed by atoms with Gasteiger partial charge in [-0.1, -0.05) is 6.92 Å². The second-order valence-corrected chi connectivity index (χ2v) is 6.13. The fraction of sp³-hybridized carbons (Fsp3) is 0.471. The molecule has 0 radical (unpaired) electrons. The third kappa shape index (κ3) is 4.74. The van der Waals surface area contributed by atoms with Crippen molar-refractivity contribution in [3.8, 4) is 5.88 Å². The zero-order chi connectivity index (χ0) is 17.2. The van der Waals surface area contributed by atoms with Gasteiger partial charge in [0.05, 0.1) is 6.54 Å². The maximum Gasteiger partial charge on any atom is 0.422 e. The van der Waals surface area contributed by atoms with E-state index in [1.807, 2.05) is 12.1 Å². The average Bonchev–Trinajstić information content (AvgIpc) is 3.07. The molecule has 0 bridgehead atoms. The van der Waals surface area contributed by atoms with E-state index in [1.165, 1.54) is 18.7 Å². The fourth-order valence-corrected chi connectivity index (χ4v) is 2.53. The van der Waals surface area contributed by atoms with Gasteiger partial charge in [0.2, 0.25) is 5.88 Å². The van der Waals surface area contributed by atoms with E-state index in [1.54, 1.807) is 6.07 Å². The lowest BCUT2D eigenvalue weighted by Gasteiger charge is -2.09. The standard InChI is InChI=1S/C17H19F3N2O2/c1-11-6-14(11)15-3-2-13(24-15)9-21-8-12-4-5-22-16(7-12)23-10-17(18,19)20/h2-5,7,11,14,21H,6,8-10H2,1H3. The molecule has 0 aromatic carbocycles. The van der Waals surface area contributed by atoms with Crippen LogP contribution < -0.4 is 10.1 Å². The van der Waals surface area contributed by atoms with E-state index in [4.69, 9.17) is 4.42 Å². The first-order valence-electron chi connectivity index (χ1n) is 7.84. The summed E-state index contributed by atoms with van der Waals surface area (Å²) in [6.07, 6.45) is -1.76. The normalized spacial score (nSPS) is 20.2. The highest BCUT2D eigenvalue weighted by molar-refractivity contribution is 5.21. The Morgan fingerprint density at radius 3 is 2.79 bits per heavy atom. The molecule has 1 aliphatic carbocycles. The second kappa shape index (κ2) is 6.84. The molecular weight excluding hydrogens is 321 g/mol. The molecule has 2 aromatic rings. The van der Waals surface area contributed by atoms with E-state index in [2.05, 4.69) is 22.0 Å². The highest BCUT2D eigenvalue weighted by Crippen LogP contribution is 2.47. The van der Waals surface area contributed by atoms with Gasteiger partial charge in [-0.05, 0) is 36.1 Å². The number of aromatic nitrogens is 1. The van der Waals surface area contributed by atoms with Gasteiger partial charge in [-0.25, -0.2) is 4.98 Å². The number of furan rings is 1. The van der Waals surface area contributed by atoms with Gasteiger partial charge >= 0.3 is 6.18 Å². The quantitative estimate of drug-likeness (QED) is 0.827. The highest BCUT2D eigenvalue weighted by atomic mass is 19.4. The molecule has 2 atom stereocenters. The van der Waals surface area contributed by atoms with Crippen molar-refractivity contribution in [3.63, 3.8) is 0 Å². The van der Waals surface area contributed by atoms with E-state index in [9.17, 15) is 13.2 Å². The van der Waals surface area contributed by atoms with Crippen LogP contribution in [0.1, 0.15) is 36.3 Å². The van der Waals surface area contributed by atoms with Gasteiger partial charge in [-0.2, -0.15) is 13.2 Å². The van der Waals surface area contributed by atoms with Crippen LogP contribution in [0, 0.1) is 5.92 Å². The van der Waals surface area contributed by atoms with Gasteiger partial charge in [0.15, 0.2) is 6.61 Å². The summed E-state index contributed by atoms with van der Waals surface area (Å²) in [5.74, 6) is 3.10. The molecule has 0 amide bonds. The largest absolute Gasteiger partial charge is 0.468 e. The number of rotatable bonds is 7. The van der Waals surface area contributed by atoms with Crippen LogP contribution in [0.15, 0.2) is 34.9 Å². The van der Waals surface area contributed by atoms with Crippen LogP contribution >= 0.6 is 0 Å². The van der Waals surface area contributed by atoms with Crippen molar-refractivity contribution in [2.75, 3.05) is 6.61 Å². The van der Waals surface area contributed by atoms with Crippen LogP contribution in [0.3, 0.4) is 0 Å². The smallest absolute Gasteiger partial charge is 0.422 e. The molecule has 2 unspecified atom stereocenters. The van der Waals surface area contributed by atoms with E-state index in [0.717, 1.165) is 17.1 Å². The summed E-state index contributed by atoms with van der Waals surface area (Å²) in [6, 6.07) is 7.20. The van der Waals surface area contributed by atoms with Crippen molar-refractivity contribution in [1.29, 1.82) is 0 Å². The van der Waals surface area contributed by atoms with Gasteiger partial charge in [0.1, 0.15) is 11.5 Å². The number of pyridine rings is 1. The van der Waals surface area contributed by atoms with Gasteiger partial charge in [0, 0.05) is 24.7 Å². The Hall–Kier alpha value is -2.02. The minimum Gasteiger partial charge on any atom is -0.468 e. The lowest BCUT2D eigenvalue weighted by Crippen LogP contribution is -2.19. The summed E-state index contributed by atoms with van der Waals surface area (Å²) >= 11 is 0. The van der Waals surface area contributed by atoms with Crippen LogP contribution in [0.4, 0.5) is 13.2 Å². The van der Waals surface area contributed by atoms with Gasteiger partial charge < -0.3 is 14.5 Å². The molecule has 4 nitrogen and oxygen atoms in total. The number of ether oxygens (including phenoxy) is 1. The molecular formula is C17H19F3N2O2. The SMILES string of the molecule is CC1CC1c1ccc(CNCc2ccnc(OCC(F)(F)F)c2)o1. The van der Waals surface area contributed by atoms with Crippen LogP contribution in [-0.2, 0) is 13.1 Å². The molecule has 3 rings (SSSR count). The average molecular weight is 340 g/mol. The first-order valence-corrected chi connectivity index (χ1v) is 7.84. The first-order chi connectivity index (χ1) is 11.4. The molecule has 1 N–H and O–H groups in total. The summed E-state index contributed by atoms with van der Waals surface area (Å²) in [6.45, 7) is 1.90. The molecule has 0 saturated heterocycles. The Labute approximate surface area is 138 Å². The van der Waals surface area contributed by atoms with E-state index >= 15 is 0 Å². The lowest BCUT2D eigenvalue weighted by atomic mass is 10.2. The number of alkyl halides is 3. The van der Waals surface area contributed by atoms with Gasteiger partial charge in [-0.3, -0.25) is 0 Å². The van der Waals surface area contributed by atoms with Crippen LogP contribution in [-0.4, -0.2) is 17.8 Å². The zero-order valence-electron chi connectivity index (χ0n) is 13.3. The number of hydrogen-bond acceptors (Lipinski definition) is 4. The fourth-order valence-electron chi connectivity index (χ4n) is 2.53.